The number of ether oxygens (including phenoxy) is 1. The van der Waals surface area contributed by atoms with E-state index in [1.807, 2.05) is 18.2 Å². The second kappa shape index (κ2) is 6.63. The summed E-state index contributed by atoms with van der Waals surface area (Å²) < 4.78 is 18.5. The Morgan fingerprint density at radius 3 is 2.60 bits per heavy atom. The highest BCUT2D eigenvalue weighted by atomic mass is 32.1. The van der Waals surface area contributed by atoms with E-state index in [1.54, 1.807) is 18.2 Å². The van der Waals surface area contributed by atoms with Gasteiger partial charge in [-0.05, 0) is 48.6 Å². The first kappa shape index (κ1) is 14.0. The van der Waals surface area contributed by atoms with Crippen LogP contribution in [0.4, 0.5) is 4.39 Å². The minimum Gasteiger partial charge on any atom is -0.457 e. The van der Waals surface area contributed by atoms with E-state index in [4.69, 9.17) is 10.5 Å². The number of hydrazone groups is 1. The molecule has 0 spiro atoms. The maximum Gasteiger partial charge on any atom is 0.184 e. The molecule has 0 aromatic heterocycles. The number of nitrogens with zero attached hydrogens (tertiary/aromatic N) is 1. The number of halogens is 1. The topological polar surface area (TPSA) is 59.6 Å². The first-order chi connectivity index (χ1) is 9.65. The Morgan fingerprint density at radius 1 is 1.20 bits per heavy atom. The summed E-state index contributed by atoms with van der Waals surface area (Å²) in [7, 11) is 0. The molecule has 0 radical (unpaired) electrons. The zero-order chi connectivity index (χ0) is 14.4. The van der Waals surface area contributed by atoms with Gasteiger partial charge in [-0.25, -0.2) is 4.39 Å². The first-order valence-electron chi connectivity index (χ1n) is 5.76. The third-order valence-corrected chi connectivity index (χ3v) is 2.43. The van der Waals surface area contributed by atoms with Crippen molar-refractivity contribution in [2.75, 3.05) is 0 Å². The summed E-state index contributed by atoms with van der Waals surface area (Å²) in [6.07, 6.45) is 1.54. The van der Waals surface area contributed by atoms with Crippen LogP contribution in [0.2, 0.25) is 0 Å². The molecule has 6 heteroatoms. The summed E-state index contributed by atoms with van der Waals surface area (Å²) in [5.41, 5.74) is 8.47. The average molecular weight is 289 g/mol. The minimum atomic E-state index is -0.312. The van der Waals surface area contributed by atoms with Crippen LogP contribution in [0.3, 0.4) is 0 Å². The molecule has 0 fully saturated rings. The van der Waals surface area contributed by atoms with Gasteiger partial charge < -0.3 is 10.5 Å². The quantitative estimate of drug-likeness (QED) is 0.516. The van der Waals surface area contributed by atoms with Crippen molar-refractivity contribution in [2.24, 2.45) is 10.8 Å². The smallest absolute Gasteiger partial charge is 0.184 e. The highest BCUT2D eigenvalue weighted by Crippen LogP contribution is 2.24. The van der Waals surface area contributed by atoms with Crippen molar-refractivity contribution in [1.82, 2.24) is 5.43 Å². The fraction of sp³-hybridized carbons (Fsp3) is 0. The van der Waals surface area contributed by atoms with Crippen LogP contribution in [0.25, 0.3) is 0 Å². The number of hydrogen-bond acceptors (Lipinski definition) is 3. The third-order valence-electron chi connectivity index (χ3n) is 2.34. The van der Waals surface area contributed by atoms with E-state index in [1.165, 1.54) is 18.3 Å². The predicted octanol–water partition coefficient (Wildman–Crippen LogP) is 2.79. The van der Waals surface area contributed by atoms with Crippen LogP contribution in [-0.4, -0.2) is 11.3 Å². The van der Waals surface area contributed by atoms with Gasteiger partial charge in [0, 0.05) is 5.56 Å². The number of nitrogens with two attached hydrogens (primary N) is 1. The van der Waals surface area contributed by atoms with Crippen molar-refractivity contribution in [3.8, 4) is 11.5 Å². The Balaban J connectivity index is 2.17. The normalized spacial score (nSPS) is 10.4. The molecule has 0 unspecified atom stereocenters. The van der Waals surface area contributed by atoms with Crippen LogP contribution in [0.1, 0.15) is 5.56 Å². The van der Waals surface area contributed by atoms with E-state index in [0.29, 0.717) is 11.5 Å². The predicted molar refractivity (Wildman–Crippen MR) is 80.4 cm³/mol. The van der Waals surface area contributed by atoms with Crippen molar-refractivity contribution in [3.63, 3.8) is 0 Å². The number of para-hydroxylation sites is 1. The maximum absolute atomic E-state index is 12.8. The lowest BCUT2D eigenvalue weighted by Crippen LogP contribution is -2.24. The Hall–Kier alpha value is -2.47. The molecule has 0 atom stereocenters. The molecule has 102 valence electrons. The van der Waals surface area contributed by atoms with Gasteiger partial charge >= 0.3 is 0 Å². The molecular weight excluding hydrogens is 277 g/mol. The van der Waals surface area contributed by atoms with Crippen molar-refractivity contribution in [1.29, 1.82) is 0 Å². The van der Waals surface area contributed by atoms with Gasteiger partial charge in [-0.15, -0.1) is 0 Å². The Morgan fingerprint density at radius 2 is 1.90 bits per heavy atom. The fourth-order valence-electron chi connectivity index (χ4n) is 1.48. The molecule has 0 aliphatic rings. The monoisotopic (exact) mass is 289 g/mol. The molecule has 0 aliphatic heterocycles. The van der Waals surface area contributed by atoms with E-state index in [2.05, 4.69) is 22.7 Å². The summed E-state index contributed by atoms with van der Waals surface area (Å²) in [4.78, 5) is 0. The number of hydrogen-bond donors (Lipinski definition) is 2. The Kier molecular flexibility index (Phi) is 4.62. The fourth-order valence-corrected chi connectivity index (χ4v) is 1.53. The molecule has 20 heavy (non-hydrogen) atoms. The molecule has 0 saturated heterocycles. The Labute approximate surface area is 121 Å². The second-order valence-corrected chi connectivity index (χ2v) is 4.27. The summed E-state index contributed by atoms with van der Waals surface area (Å²) in [6.45, 7) is 0. The first-order valence-corrected chi connectivity index (χ1v) is 6.17. The van der Waals surface area contributed by atoms with E-state index in [-0.39, 0.29) is 10.9 Å². The van der Waals surface area contributed by atoms with Gasteiger partial charge in [-0.2, -0.15) is 5.10 Å². The lowest BCUT2D eigenvalue weighted by atomic mass is 10.2. The largest absolute Gasteiger partial charge is 0.457 e. The SMILES string of the molecule is NC(=S)NN=Cc1ccccc1Oc1ccc(F)cc1. The highest BCUT2D eigenvalue weighted by Gasteiger charge is 2.02. The minimum absolute atomic E-state index is 0.0817. The molecule has 0 amide bonds. The van der Waals surface area contributed by atoms with Gasteiger partial charge in [0.15, 0.2) is 5.11 Å². The molecular formula is C14H12FN3OS. The average Bonchev–Trinajstić information content (AvgIpc) is 2.43. The molecule has 0 bridgehead atoms. The van der Waals surface area contributed by atoms with Crippen LogP contribution < -0.4 is 15.9 Å². The van der Waals surface area contributed by atoms with Crippen molar-refractivity contribution >= 4 is 23.5 Å². The van der Waals surface area contributed by atoms with Gasteiger partial charge in [-0.1, -0.05) is 12.1 Å². The zero-order valence-corrected chi connectivity index (χ0v) is 11.2. The molecule has 0 aliphatic carbocycles. The lowest BCUT2D eigenvalue weighted by Gasteiger charge is -2.08. The third kappa shape index (κ3) is 4.03. The number of nitrogens with one attached hydrogen (secondary N) is 1. The van der Waals surface area contributed by atoms with Gasteiger partial charge in [0.05, 0.1) is 6.21 Å². The molecule has 0 heterocycles. The Bertz CT molecular complexity index is 629. The summed E-state index contributed by atoms with van der Waals surface area (Å²) in [5, 5.41) is 3.96. The summed E-state index contributed by atoms with van der Waals surface area (Å²) >= 11 is 4.65. The van der Waals surface area contributed by atoms with E-state index in [9.17, 15) is 4.39 Å². The van der Waals surface area contributed by atoms with Crippen LogP contribution in [-0.2, 0) is 0 Å². The van der Waals surface area contributed by atoms with Gasteiger partial charge in [0.1, 0.15) is 17.3 Å². The van der Waals surface area contributed by atoms with Crippen molar-refractivity contribution in [3.05, 3.63) is 59.9 Å². The molecule has 0 saturated carbocycles. The van der Waals surface area contributed by atoms with Gasteiger partial charge in [-0.3, -0.25) is 5.43 Å². The van der Waals surface area contributed by atoms with Crippen LogP contribution >= 0.6 is 12.2 Å². The molecule has 4 nitrogen and oxygen atoms in total. The number of rotatable bonds is 4. The van der Waals surface area contributed by atoms with Gasteiger partial charge in [0.25, 0.3) is 0 Å². The van der Waals surface area contributed by atoms with Crippen LogP contribution in [0, 0.1) is 5.82 Å². The molecule has 3 N–H and O–H groups in total. The van der Waals surface area contributed by atoms with E-state index < -0.39 is 0 Å². The number of thiocarbonyl (C=S) groups is 1. The summed E-state index contributed by atoms with van der Waals surface area (Å²) in [5.74, 6) is 0.815. The molecule has 2 aromatic rings. The van der Waals surface area contributed by atoms with Crippen LogP contribution in [0.5, 0.6) is 11.5 Å². The maximum atomic E-state index is 12.8. The molecule has 2 rings (SSSR count). The van der Waals surface area contributed by atoms with E-state index >= 15 is 0 Å². The second-order valence-electron chi connectivity index (χ2n) is 3.83. The lowest BCUT2D eigenvalue weighted by molar-refractivity contribution is 0.480. The zero-order valence-electron chi connectivity index (χ0n) is 10.4. The van der Waals surface area contributed by atoms with Gasteiger partial charge in [0.2, 0.25) is 0 Å². The standard InChI is InChI=1S/C14H12FN3OS/c15-11-5-7-12(8-6-11)19-13-4-2-1-3-10(13)9-17-18-14(16)20/h1-9H,(H3,16,18,20). The number of benzene rings is 2. The van der Waals surface area contributed by atoms with Crippen molar-refractivity contribution in [2.45, 2.75) is 0 Å². The van der Waals surface area contributed by atoms with Crippen molar-refractivity contribution < 1.29 is 9.13 Å². The molecule has 2 aromatic carbocycles. The highest BCUT2D eigenvalue weighted by molar-refractivity contribution is 7.80. The van der Waals surface area contributed by atoms with E-state index in [0.717, 1.165) is 5.56 Å². The van der Waals surface area contributed by atoms with Crippen LogP contribution in [0.15, 0.2) is 53.6 Å². The summed E-state index contributed by atoms with van der Waals surface area (Å²) in [6, 6.07) is 13.1.